The Morgan fingerprint density at radius 3 is 1.69 bits per heavy atom. The molecule has 8 nitrogen and oxygen atoms in total. The SMILES string of the molecule is CCCCOCC(O)CN(CCS(=O)(=O)O)CC(O)COCCCC.[LiH]. The van der Waals surface area contributed by atoms with Crippen LogP contribution in [0, 0.1) is 0 Å². The molecule has 154 valence electrons. The van der Waals surface area contributed by atoms with Gasteiger partial charge in [0, 0.05) is 32.8 Å². The maximum atomic E-state index is 10.9. The minimum atomic E-state index is -4.11. The van der Waals surface area contributed by atoms with Gasteiger partial charge in [0.05, 0.1) is 31.2 Å². The molecule has 0 aliphatic rings. The van der Waals surface area contributed by atoms with Crippen LogP contribution in [0.1, 0.15) is 39.5 Å². The van der Waals surface area contributed by atoms with Gasteiger partial charge in [-0.2, -0.15) is 8.42 Å². The van der Waals surface area contributed by atoms with Crippen LogP contribution in [0.5, 0.6) is 0 Å². The molecule has 0 aliphatic heterocycles. The molecule has 0 saturated carbocycles. The second-order valence-corrected chi connectivity index (χ2v) is 7.78. The number of hydrogen-bond acceptors (Lipinski definition) is 7. The summed E-state index contributed by atoms with van der Waals surface area (Å²) in [5.74, 6) is -0.459. The molecule has 3 N–H and O–H groups in total. The van der Waals surface area contributed by atoms with E-state index in [9.17, 15) is 18.6 Å². The zero-order valence-corrected chi connectivity index (χ0v) is 16.3. The first kappa shape index (κ1) is 28.5. The van der Waals surface area contributed by atoms with Gasteiger partial charge in [-0.1, -0.05) is 26.7 Å². The zero-order valence-electron chi connectivity index (χ0n) is 15.5. The third kappa shape index (κ3) is 19.1. The summed E-state index contributed by atoms with van der Waals surface area (Å²) in [6, 6.07) is 0. The quantitative estimate of drug-likeness (QED) is 0.178. The van der Waals surface area contributed by atoms with Crippen LogP contribution in [0.2, 0.25) is 0 Å². The Kier molecular flexibility index (Phi) is 19.1. The summed E-state index contributed by atoms with van der Waals surface area (Å²) in [5.41, 5.74) is 0. The fourth-order valence-corrected chi connectivity index (χ4v) is 2.62. The molecular formula is C16H36LiNO7S. The molecular weight excluding hydrogens is 357 g/mol. The Labute approximate surface area is 170 Å². The molecule has 0 aliphatic carbocycles. The molecule has 0 amide bonds. The Hall–Kier alpha value is 0.307. The van der Waals surface area contributed by atoms with Gasteiger partial charge in [-0.25, -0.2) is 0 Å². The molecule has 0 aromatic carbocycles. The van der Waals surface area contributed by atoms with Crippen molar-refractivity contribution in [2.24, 2.45) is 0 Å². The molecule has 0 aromatic rings. The summed E-state index contributed by atoms with van der Waals surface area (Å²) >= 11 is 0. The first-order chi connectivity index (χ1) is 11.8. The van der Waals surface area contributed by atoms with Crippen molar-refractivity contribution in [3.8, 4) is 0 Å². The van der Waals surface area contributed by atoms with E-state index in [0.717, 1.165) is 25.7 Å². The predicted molar refractivity (Wildman–Crippen MR) is 103 cm³/mol. The zero-order chi connectivity index (χ0) is 19.1. The Bertz CT molecular complexity index is 391. The number of hydrogen-bond donors (Lipinski definition) is 3. The fourth-order valence-electron chi connectivity index (χ4n) is 2.13. The van der Waals surface area contributed by atoms with E-state index in [1.165, 1.54) is 0 Å². The molecule has 2 atom stereocenters. The van der Waals surface area contributed by atoms with E-state index in [1.54, 1.807) is 4.90 Å². The number of rotatable bonds is 17. The molecule has 0 aromatic heterocycles. The van der Waals surface area contributed by atoms with Crippen LogP contribution < -0.4 is 0 Å². The predicted octanol–water partition coefficient (Wildman–Crippen LogP) is -0.117. The standard InChI is InChI=1S/C16H35NO7S.Li.H/c1-3-5-8-23-13-15(18)11-17(7-10-25(20,21)22)12-16(19)14-24-9-6-4-2;;/h15-16,18-19H,3-14H2,1-2H3,(H,20,21,22);;. The Balaban J connectivity index is 0. The van der Waals surface area contributed by atoms with Crippen LogP contribution >= 0.6 is 0 Å². The van der Waals surface area contributed by atoms with Crippen molar-refractivity contribution < 1.29 is 32.7 Å². The van der Waals surface area contributed by atoms with Gasteiger partial charge < -0.3 is 19.7 Å². The Morgan fingerprint density at radius 2 is 1.35 bits per heavy atom. The second-order valence-electron chi connectivity index (χ2n) is 6.21. The molecule has 0 saturated heterocycles. The topological polar surface area (TPSA) is 117 Å². The number of aliphatic hydroxyl groups excluding tert-OH is 2. The first-order valence-electron chi connectivity index (χ1n) is 8.97. The first-order valence-corrected chi connectivity index (χ1v) is 10.6. The summed E-state index contributed by atoms with van der Waals surface area (Å²) in [6.45, 7) is 5.80. The van der Waals surface area contributed by atoms with Gasteiger partial charge >= 0.3 is 18.9 Å². The van der Waals surface area contributed by atoms with Crippen LogP contribution in [-0.2, 0) is 19.6 Å². The van der Waals surface area contributed by atoms with Gasteiger partial charge in [0.2, 0.25) is 0 Å². The molecule has 10 heteroatoms. The normalized spacial score (nSPS) is 14.2. The van der Waals surface area contributed by atoms with Crippen LogP contribution in [0.25, 0.3) is 0 Å². The molecule has 0 rings (SSSR count). The molecule has 0 radical (unpaired) electrons. The third-order valence-electron chi connectivity index (χ3n) is 3.51. The van der Waals surface area contributed by atoms with Gasteiger partial charge in [-0.3, -0.25) is 9.45 Å². The van der Waals surface area contributed by atoms with E-state index < -0.39 is 28.1 Å². The van der Waals surface area contributed by atoms with E-state index in [2.05, 4.69) is 0 Å². The average Bonchev–Trinajstić information content (AvgIpc) is 2.53. The number of ether oxygens (including phenoxy) is 2. The summed E-state index contributed by atoms with van der Waals surface area (Å²) in [5, 5.41) is 20.0. The molecule has 0 fully saturated rings. The fraction of sp³-hybridized carbons (Fsp3) is 1.00. The molecule has 0 spiro atoms. The molecule has 2 unspecified atom stereocenters. The van der Waals surface area contributed by atoms with Gasteiger partial charge in [0.1, 0.15) is 0 Å². The van der Waals surface area contributed by atoms with Crippen molar-refractivity contribution in [1.29, 1.82) is 0 Å². The summed E-state index contributed by atoms with van der Waals surface area (Å²) in [6.07, 6.45) is 2.22. The van der Waals surface area contributed by atoms with E-state index in [-0.39, 0.29) is 51.7 Å². The molecule has 0 bridgehead atoms. The van der Waals surface area contributed by atoms with Crippen LogP contribution in [0.15, 0.2) is 0 Å². The van der Waals surface area contributed by atoms with E-state index in [0.29, 0.717) is 13.2 Å². The van der Waals surface area contributed by atoms with Crippen LogP contribution in [0.4, 0.5) is 0 Å². The van der Waals surface area contributed by atoms with Gasteiger partial charge in [0.15, 0.2) is 0 Å². The van der Waals surface area contributed by atoms with Crippen molar-refractivity contribution in [3.05, 3.63) is 0 Å². The summed E-state index contributed by atoms with van der Waals surface area (Å²) in [4.78, 5) is 1.59. The summed E-state index contributed by atoms with van der Waals surface area (Å²) < 4.78 is 41.5. The minimum absolute atomic E-state index is 0. The van der Waals surface area contributed by atoms with Crippen molar-refractivity contribution in [1.82, 2.24) is 4.90 Å². The second kappa shape index (κ2) is 17.4. The van der Waals surface area contributed by atoms with Gasteiger partial charge in [-0.15, -0.1) is 0 Å². The van der Waals surface area contributed by atoms with Gasteiger partial charge in [-0.05, 0) is 12.8 Å². The number of nitrogens with zero attached hydrogens (tertiary/aromatic N) is 1. The Morgan fingerprint density at radius 1 is 0.923 bits per heavy atom. The number of unbranched alkanes of at least 4 members (excludes halogenated alkanes) is 2. The van der Waals surface area contributed by atoms with E-state index in [4.69, 9.17) is 14.0 Å². The van der Waals surface area contributed by atoms with Crippen LogP contribution in [-0.4, -0.2) is 111 Å². The van der Waals surface area contributed by atoms with Gasteiger partial charge in [0.25, 0.3) is 10.1 Å². The van der Waals surface area contributed by atoms with Crippen molar-refractivity contribution in [2.75, 3.05) is 51.8 Å². The van der Waals surface area contributed by atoms with Crippen molar-refractivity contribution >= 4 is 29.0 Å². The third-order valence-corrected chi connectivity index (χ3v) is 4.21. The maximum absolute atomic E-state index is 10.9. The van der Waals surface area contributed by atoms with Crippen molar-refractivity contribution in [2.45, 2.75) is 51.7 Å². The monoisotopic (exact) mass is 393 g/mol. The summed E-state index contributed by atoms with van der Waals surface area (Å²) in [7, 11) is -4.11. The van der Waals surface area contributed by atoms with E-state index >= 15 is 0 Å². The van der Waals surface area contributed by atoms with E-state index in [1.807, 2.05) is 13.8 Å². The van der Waals surface area contributed by atoms with Crippen LogP contribution in [0.3, 0.4) is 0 Å². The number of aliphatic hydroxyl groups is 2. The van der Waals surface area contributed by atoms with Crippen molar-refractivity contribution in [3.63, 3.8) is 0 Å². The average molecular weight is 393 g/mol. The molecule has 0 heterocycles. The molecule has 26 heavy (non-hydrogen) atoms.